The third-order valence-corrected chi connectivity index (χ3v) is 5.15. The van der Waals surface area contributed by atoms with Gasteiger partial charge in [0.1, 0.15) is 5.82 Å². The van der Waals surface area contributed by atoms with Crippen LogP contribution in [0, 0.1) is 6.92 Å². The fraction of sp³-hybridized carbons (Fsp3) is 0.474. The highest BCUT2D eigenvalue weighted by molar-refractivity contribution is 5.35. The molecule has 1 N–H and O–H groups in total. The summed E-state index contributed by atoms with van der Waals surface area (Å²) in [6, 6.07) is 14.1. The normalized spacial score (nSPS) is 22.0. The number of fused-ring (bicyclic) bond motifs is 1. The lowest BCUT2D eigenvalue weighted by Gasteiger charge is -2.37. The second kappa shape index (κ2) is 6.28. The fourth-order valence-electron chi connectivity index (χ4n) is 3.93. The summed E-state index contributed by atoms with van der Waals surface area (Å²) < 4.78 is 0. The molecule has 1 aliphatic carbocycles. The molecule has 2 heterocycles. The Morgan fingerprint density at radius 2 is 1.83 bits per heavy atom. The summed E-state index contributed by atoms with van der Waals surface area (Å²) in [7, 11) is 0. The lowest BCUT2D eigenvalue weighted by atomic mass is 10.0. The Labute approximate surface area is 137 Å². The quantitative estimate of drug-likeness (QED) is 0.946. The number of piperidine rings is 1. The first-order chi connectivity index (χ1) is 11.3. The van der Waals surface area contributed by atoms with Crippen molar-refractivity contribution in [3.8, 4) is 0 Å². The number of hydrogen-bond donors (Lipinski definition) is 1. The molecule has 0 unspecified atom stereocenters. The van der Waals surface area contributed by atoms with Crippen LogP contribution in [0.25, 0.3) is 0 Å². The summed E-state index contributed by atoms with van der Waals surface area (Å²) >= 11 is 0. The molecule has 1 aliphatic heterocycles. The maximum atomic E-state index is 4.25. The highest BCUT2D eigenvalue weighted by Crippen LogP contribution is 2.27. The van der Waals surface area contributed by atoms with Gasteiger partial charge in [0.2, 0.25) is 0 Å². The second-order valence-electron chi connectivity index (χ2n) is 6.87. The standard InChI is InChI=1S/C19H24N4/c1-14-8-9-19(22-21-14)20-17-7-4-10-23(13-17)18-11-15-5-2-3-6-16(15)12-18/h2-3,5-6,8-9,17-18H,4,7,10-13H2,1H3,(H,20,22)/t17-/m1/s1. The molecular formula is C19H24N4. The molecule has 1 aromatic carbocycles. The maximum absolute atomic E-state index is 4.25. The van der Waals surface area contributed by atoms with E-state index in [2.05, 4.69) is 44.7 Å². The van der Waals surface area contributed by atoms with Gasteiger partial charge in [-0.1, -0.05) is 24.3 Å². The van der Waals surface area contributed by atoms with Crippen molar-refractivity contribution in [1.82, 2.24) is 15.1 Å². The van der Waals surface area contributed by atoms with E-state index in [0.717, 1.165) is 18.1 Å². The number of likely N-dealkylation sites (tertiary alicyclic amines) is 1. The van der Waals surface area contributed by atoms with Crippen LogP contribution >= 0.6 is 0 Å². The second-order valence-corrected chi connectivity index (χ2v) is 6.87. The van der Waals surface area contributed by atoms with E-state index >= 15 is 0 Å². The van der Waals surface area contributed by atoms with Crippen molar-refractivity contribution in [3.05, 3.63) is 53.2 Å². The van der Waals surface area contributed by atoms with Crippen LogP contribution in [-0.4, -0.2) is 40.3 Å². The molecular weight excluding hydrogens is 284 g/mol. The molecule has 1 aromatic heterocycles. The van der Waals surface area contributed by atoms with Crippen LogP contribution in [0.3, 0.4) is 0 Å². The average Bonchev–Trinajstić information content (AvgIpc) is 3.01. The zero-order valence-corrected chi connectivity index (χ0v) is 13.7. The monoisotopic (exact) mass is 308 g/mol. The van der Waals surface area contributed by atoms with E-state index < -0.39 is 0 Å². The Kier molecular flexibility index (Phi) is 4.00. The van der Waals surface area contributed by atoms with Crippen LogP contribution in [0.2, 0.25) is 0 Å². The van der Waals surface area contributed by atoms with E-state index in [9.17, 15) is 0 Å². The van der Waals surface area contributed by atoms with Crippen LogP contribution in [0.5, 0.6) is 0 Å². The molecule has 1 atom stereocenters. The third kappa shape index (κ3) is 3.22. The minimum Gasteiger partial charge on any atom is -0.365 e. The van der Waals surface area contributed by atoms with E-state index in [1.165, 1.54) is 43.4 Å². The Morgan fingerprint density at radius 1 is 1.04 bits per heavy atom. The predicted octanol–water partition coefficient (Wildman–Crippen LogP) is 2.83. The first-order valence-corrected chi connectivity index (χ1v) is 8.65. The van der Waals surface area contributed by atoms with Gasteiger partial charge < -0.3 is 5.32 Å². The lowest BCUT2D eigenvalue weighted by Crippen LogP contribution is -2.47. The van der Waals surface area contributed by atoms with Gasteiger partial charge in [0, 0.05) is 18.6 Å². The van der Waals surface area contributed by atoms with Crippen molar-refractivity contribution in [2.45, 2.75) is 44.7 Å². The molecule has 2 aliphatic rings. The maximum Gasteiger partial charge on any atom is 0.148 e. The SMILES string of the molecule is Cc1ccc(N[C@@H]2CCCN(C3Cc4ccccc4C3)C2)nn1. The highest BCUT2D eigenvalue weighted by atomic mass is 15.2. The van der Waals surface area contributed by atoms with Crippen LogP contribution in [0.15, 0.2) is 36.4 Å². The predicted molar refractivity (Wildman–Crippen MR) is 92.6 cm³/mol. The van der Waals surface area contributed by atoms with Gasteiger partial charge in [-0.25, -0.2) is 0 Å². The van der Waals surface area contributed by atoms with E-state index in [4.69, 9.17) is 0 Å². The molecule has 1 fully saturated rings. The number of anilines is 1. The van der Waals surface area contributed by atoms with Gasteiger partial charge in [-0.3, -0.25) is 4.90 Å². The number of rotatable bonds is 3. The zero-order valence-electron chi connectivity index (χ0n) is 13.7. The van der Waals surface area contributed by atoms with E-state index in [-0.39, 0.29) is 0 Å². The number of nitrogens with zero attached hydrogens (tertiary/aromatic N) is 3. The van der Waals surface area contributed by atoms with Gasteiger partial charge in [-0.05, 0) is 62.4 Å². The Hall–Kier alpha value is -1.94. The van der Waals surface area contributed by atoms with Crippen molar-refractivity contribution >= 4 is 5.82 Å². The molecule has 4 nitrogen and oxygen atoms in total. The third-order valence-electron chi connectivity index (χ3n) is 5.15. The summed E-state index contributed by atoms with van der Waals surface area (Å²) in [4.78, 5) is 2.67. The number of nitrogens with one attached hydrogen (secondary N) is 1. The Balaban J connectivity index is 1.39. The molecule has 0 bridgehead atoms. The molecule has 4 heteroatoms. The fourth-order valence-corrected chi connectivity index (χ4v) is 3.93. The molecule has 120 valence electrons. The Morgan fingerprint density at radius 3 is 2.52 bits per heavy atom. The largest absolute Gasteiger partial charge is 0.365 e. The van der Waals surface area contributed by atoms with Gasteiger partial charge in [0.05, 0.1) is 5.69 Å². The molecule has 0 radical (unpaired) electrons. The highest BCUT2D eigenvalue weighted by Gasteiger charge is 2.30. The van der Waals surface area contributed by atoms with Crippen LogP contribution in [-0.2, 0) is 12.8 Å². The van der Waals surface area contributed by atoms with Gasteiger partial charge in [-0.2, -0.15) is 5.10 Å². The number of benzene rings is 1. The molecule has 2 aromatic rings. The van der Waals surface area contributed by atoms with Crippen LogP contribution in [0.4, 0.5) is 5.82 Å². The Bertz CT molecular complexity index is 642. The summed E-state index contributed by atoms with van der Waals surface area (Å²) in [5.41, 5.74) is 4.04. The molecule has 0 saturated carbocycles. The molecule has 23 heavy (non-hydrogen) atoms. The number of aromatic nitrogens is 2. The summed E-state index contributed by atoms with van der Waals surface area (Å²) in [5, 5.41) is 12.0. The van der Waals surface area contributed by atoms with Gasteiger partial charge in [0.25, 0.3) is 0 Å². The molecule has 4 rings (SSSR count). The summed E-state index contributed by atoms with van der Waals surface area (Å²) in [6.07, 6.45) is 4.87. The molecule has 1 saturated heterocycles. The van der Waals surface area contributed by atoms with E-state index in [1.807, 2.05) is 19.1 Å². The molecule has 0 amide bonds. The van der Waals surface area contributed by atoms with Crippen LogP contribution < -0.4 is 5.32 Å². The number of hydrogen-bond acceptors (Lipinski definition) is 4. The minimum absolute atomic E-state index is 0.476. The van der Waals surface area contributed by atoms with E-state index in [1.54, 1.807) is 0 Å². The smallest absolute Gasteiger partial charge is 0.148 e. The van der Waals surface area contributed by atoms with Crippen molar-refractivity contribution in [2.24, 2.45) is 0 Å². The number of aryl methyl sites for hydroxylation is 1. The van der Waals surface area contributed by atoms with Crippen molar-refractivity contribution in [2.75, 3.05) is 18.4 Å². The minimum atomic E-state index is 0.476. The van der Waals surface area contributed by atoms with Gasteiger partial charge >= 0.3 is 0 Å². The van der Waals surface area contributed by atoms with Crippen LogP contribution in [0.1, 0.15) is 29.7 Å². The topological polar surface area (TPSA) is 41.0 Å². The van der Waals surface area contributed by atoms with Crippen molar-refractivity contribution < 1.29 is 0 Å². The first kappa shape index (κ1) is 14.6. The first-order valence-electron chi connectivity index (χ1n) is 8.65. The lowest BCUT2D eigenvalue weighted by molar-refractivity contribution is 0.158. The van der Waals surface area contributed by atoms with E-state index in [0.29, 0.717) is 12.1 Å². The van der Waals surface area contributed by atoms with Gasteiger partial charge in [-0.15, -0.1) is 5.10 Å². The average molecular weight is 308 g/mol. The summed E-state index contributed by atoms with van der Waals surface area (Å²) in [6.45, 7) is 4.29. The molecule has 0 spiro atoms. The summed E-state index contributed by atoms with van der Waals surface area (Å²) in [5.74, 6) is 0.900. The van der Waals surface area contributed by atoms with Crippen molar-refractivity contribution in [3.63, 3.8) is 0 Å². The zero-order chi connectivity index (χ0) is 15.6. The van der Waals surface area contributed by atoms with Gasteiger partial charge in [0.15, 0.2) is 0 Å². The van der Waals surface area contributed by atoms with Crippen molar-refractivity contribution in [1.29, 1.82) is 0 Å².